The molecule has 1 aromatic carbocycles. The third-order valence-electron chi connectivity index (χ3n) is 3.46. The molecule has 0 heterocycles. The molecule has 0 spiro atoms. The maximum atomic E-state index is 11.9. The first kappa shape index (κ1) is 14.2. The summed E-state index contributed by atoms with van der Waals surface area (Å²) >= 11 is 0. The number of rotatable bonds is 4. The Balaban J connectivity index is 2.10. The van der Waals surface area contributed by atoms with Crippen LogP contribution >= 0.6 is 0 Å². The lowest BCUT2D eigenvalue weighted by molar-refractivity contribution is -0.121. The van der Waals surface area contributed by atoms with E-state index in [0.29, 0.717) is 0 Å². The topological polar surface area (TPSA) is 85.9 Å². The van der Waals surface area contributed by atoms with Crippen LogP contribution in [0.15, 0.2) is 23.2 Å². The van der Waals surface area contributed by atoms with Crippen LogP contribution in [0.25, 0.3) is 0 Å². The van der Waals surface area contributed by atoms with Crippen molar-refractivity contribution in [2.45, 2.75) is 12.3 Å². The summed E-state index contributed by atoms with van der Waals surface area (Å²) in [5.41, 5.74) is 6.51. The number of amides is 1. The van der Waals surface area contributed by atoms with Crippen LogP contribution in [0.2, 0.25) is 0 Å². The zero-order valence-electron chi connectivity index (χ0n) is 11.8. The fourth-order valence-corrected chi connectivity index (χ4v) is 2.23. The average Bonchev–Trinajstić information content (AvgIpc) is 3.26. The van der Waals surface area contributed by atoms with Crippen molar-refractivity contribution in [3.63, 3.8) is 0 Å². The van der Waals surface area contributed by atoms with Crippen molar-refractivity contribution in [2.75, 3.05) is 21.3 Å². The number of hydrogen-bond acceptors (Lipinski definition) is 4. The van der Waals surface area contributed by atoms with Crippen LogP contribution in [0.1, 0.15) is 17.9 Å². The highest BCUT2D eigenvalue weighted by molar-refractivity contribution is 5.98. The van der Waals surface area contributed by atoms with Crippen LogP contribution in [0.3, 0.4) is 0 Å². The Morgan fingerprint density at radius 3 is 2.75 bits per heavy atom. The van der Waals surface area contributed by atoms with Gasteiger partial charge in [-0.15, -0.1) is 0 Å². The molecule has 6 nitrogen and oxygen atoms in total. The fraction of sp³-hybridized carbons (Fsp3) is 0.429. The van der Waals surface area contributed by atoms with Gasteiger partial charge in [-0.2, -0.15) is 0 Å². The van der Waals surface area contributed by atoms with Gasteiger partial charge in [-0.1, -0.05) is 6.07 Å². The number of carbonyl (C=O) groups is 1. The van der Waals surface area contributed by atoms with Crippen molar-refractivity contribution in [3.05, 3.63) is 23.8 Å². The van der Waals surface area contributed by atoms with Gasteiger partial charge in [0.2, 0.25) is 5.91 Å². The highest BCUT2D eigenvalue weighted by Gasteiger charge is 2.45. The van der Waals surface area contributed by atoms with E-state index < -0.39 is 0 Å². The predicted octanol–water partition coefficient (Wildman–Crippen LogP) is 0.868. The summed E-state index contributed by atoms with van der Waals surface area (Å²) in [6.45, 7) is 0. The lowest BCUT2D eigenvalue weighted by atomic mass is 10.1. The molecule has 1 aliphatic carbocycles. The Kier molecular flexibility index (Phi) is 4.12. The fourth-order valence-electron chi connectivity index (χ4n) is 2.23. The van der Waals surface area contributed by atoms with E-state index in [4.69, 9.17) is 15.2 Å². The van der Waals surface area contributed by atoms with Crippen molar-refractivity contribution < 1.29 is 14.3 Å². The summed E-state index contributed by atoms with van der Waals surface area (Å²) in [5, 5.41) is 2.57. The lowest BCUT2D eigenvalue weighted by Gasteiger charge is -2.10. The maximum Gasteiger partial charge on any atom is 0.230 e. The second-order valence-corrected chi connectivity index (χ2v) is 4.65. The number of methoxy groups -OCH3 is 2. The molecule has 3 N–H and O–H groups in total. The Morgan fingerprint density at radius 2 is 2.15 bits per heavy atom. The number of nitrogens with one attached hydrogen (secondary N) is 1. The summed E-state index contributed by atoms with van der Waals surface area (Å²) in [6, 6.07) is 5.63. The molecule has 1 saturated carbocycles. The normalized spacial score (nSPS) is 21.2. The molecule has 6 heteroatoms. The number of carbonyl (C=O) groups excluding carboxylic acids is 1. The van der Waals surface area contributed by atoms with Gasteiger partial charge >= 0.3 is 0 Å². The molecule has 20 heavy (non-hydrogen) atoms. The molecule has 0 saturated heterocycles. The van der Waals surface area contributed by atoms with Crippen LogP contribution < -0.4 is 20.5 Å². The zero-order valence-corrected chi connectivity index (χ0v) is 11.8. The third-order valence-corrected chi connectivity index (χ3v) is 3.46. The van der Waals surface area contributed by atoms with Gasteiger partial charge in [0.15, 0.2) is 5.96 Å². The summed E-state index contributed by atoms with van der Waals surface area (Å²) in [5.74, 6) is 1.58. The molecule has 0 aromatic heterocycles. The van der Waals surface area contributed by atoms with Crippen LogP contribution in [0, 0.1) is 5.92 Å². The number of ether oxygens (including phenoxy) is 2. The summed E-state index contributed by atoms with van der Waals surface area (Å²) in [7, 11) is 4.75. The number of hydrogen-bond donors (Lipinski definition) is 2. The van der Waals surface area contributed by atoms with Crippen molar-refractivity contribution in [2.24, 2.45) is 16.6 Å². The average molecular weight is 277 g/mol. The Labute approximate surface area is 118 Å². The van der Waals surface area contributed by atoms with Crippen LogP contribution in [0.4, 0.5) is 0 Å². The summed E-state index contributed by atoms with van der Waals surface area (Å²) in [4.78, 5) is 15.7. The molecule has 108 valence electrons. The minimum Gasteiger partial charge on any atom is -0.497 e. The molecule has 1 aromatic rings. The monoisotopic (exact) mass is 277 g/mol. The van der Waals surface area contributed by atoms with E-state index in [1.54, 1.807) is 14.2 Å². The van der Waals surface area contributed by atoms with Gasteiger partial charge in [-0.05, 0) is 24.0 Å². The lowest BCUT2D eigenvalue weighted by Crippen LogP contribution is -2.37. The van der Waals surface area contributed by atoms with E-state index in [-0.39, 0.29) is 23.7 Å². The number of nitrogens with two attached hydrogens (primary N) is 1. The third kappa shape index (κ3) is 2.84. The largest absolute Gasteiger partial charge is 0.497 e. The summed E-state index contributed by atoms with van der Waals surface area (Å²) < 4.78 is 10.5. The van der Waals surface area contributed by atoms with Crippen LogP contribution in [-0.2, 0) is 4.79 Å². The first-order valence-corrected chi connectivity index (χ1v) is 6.35. The van der Waals surface area contributed by atoms with E-state index >= 15 is 0 Å². The molecule has 2 rings (SSSR count). The number of benzene rings is 1. The molecule has 1 amide bonds. The van der Waals surface area contributed by atoms with Gasteiger partial charge in [-0.25, -0.2) is 0 Å². The SMILES string of the molecule is CN=C(N)NC(=O)C1CC1c1ccc(OC)cc1OC. The van der Waals surface area contributed by atoms with Crippen molar-refractivity contribution in [1.82, 2.24) is 5.32 Å². The van der Waals surface area contributed by atoms with Gasteiger partial charge in [-0.3, -0.25) is 15.1 Å². The highest BCUT2D eigenvalue weighted by Crippen LogP contribution is 2.51. The van der Waals surface area contributed by atoms with Gasteiger partial charge in [0, 0.05) is 19.0 Å². The standard InChI is InChI=1S/C14H19N3O3/c1-16-14(15)17-13(18)11-7-10(11)9-5-4-8(19-2)6-12(9)20-3/h4-6,10-11H,7H2,1-3H3,(H3,15,16,17,18). The van der Waals surface area contributed by atoms with E-state index in [1.807, 2.05) is 18.2 Å². The molecule has 1 fully saturated rings. The van der Waals surface area contributed by atoms with Gasteiger partial charge in [0.1, 0.15) is 11.5 Å². The minimum atomic E-state index is -0.101. The van der Waals surface area contributed by atoms with Gasteiger partial charge in [0.25, 0.3) is 0 Å². The van der Waals surface area contributed by atoms with Gasteiger partial charge in [0.05, 0.1) is 14.2 Å². The Bertz CT molecular complexity index is 542. The van der Waals surface area contributed by atoms with Crippen LogP contribution in [-0.4, -0.2) is 33.1 Å². The predicted molar refractivity (Wildman–Crippen MR) is 76.1 cm³/mol. The molecule has 2 unspecified atom stereocenters. The Morgan fingerprint density at radius 1 is 1.40 bits per heavy atom. The molecule has 2 atom stereocenters. The first-order chi connectivity index (χ1) is 9.60. The van der Waals surface area contributed by atoms with Crippen molar-refractivity contribution >= 4 is 11.9 Å². The van der Waals surface area contributed by atoms with E-state index in [1.165, 1.54) is 7.05 Å². The van der Waals surface area contributed by atoms with Crippen molar-refractivity contribution in [3.8, 4) is 11.5 Å². The van der Waals surface area contributed by atoms with E-state index in [9.17, 15) is 4.79 Å². The van der Waals surface area contributed by atoms with Crippen LogP contribution in [0.5, 0.6) is 11.5 Å². The molecule has 0 aliphatic heterocycles. The van der Waals surface area contributed by atoms with Crippen molar-refractivity contribution in [1.29, 1.82) is 0 Å². The highest BCUT2D eigenvalue weighted by atomic mass is 16.5. The summed E-state index contributed by atoms with van der Waals surface area (Å²) in [6.07, 6.45) is 0.783. The molecule has 1 aliphatic rings. The van der Waals surface area contributed by atoms with E-state index in [0.717, 1.165) is 23.5 Å². The first-order valence-electron chi connectivity index (χ1n) is 6.35. The number of aliphatic imine (C=N–C) groups is 1. The second kappa shape index (κ2) is 5.81. The minimum absolute atomic E-state index is 0.0856. The molecule has 0 radical (unpaired) electrons. The zero-order chi connectivity index (χ0) is 14.7. The van der Waals surface area contributed by atoms with E-state index in [2.05, 4.69) is 10.3 Å². The molecule has 0 bridgehead atoms. The quantitative estimate of drug-likeness (QED) is 0.631. The molecular formula is C14H19N3O3. The Hall–Kier alpha value is -2.24. The smallest absolute Gasteiger partial charge is 0.230 e. The van der Waals surface area contributed by atoms with Gasteiger partial charge < -0.3 is 15.2 Å². The number of nitrogens with zero attached hydrogens (tertiary/aromatic N) is 1. The molecular weight excluding hydrogens is 258 g/mol. The maximum absolute atomic E-state index is 11.9. The number of guanidine groups is 1. The second-order valence-electron chi connectivity index (χ2n) is 4.65.